The van der Waals surface area contributed by atoms with E-state index in [4.69, 9.17) is 0 Å². The molecule has 0 aliphatic carbocycles. The molecular formula is C22H35N3O2. The Balaban J connectivity index is 1.74. The van der Waals surface area contributed by atoms with Crippen LogP contribution in [0.25, 0.3) is 0 Å². The van der Waals surface area contributed by atoms with Gasteiger partial charge in [0.1, 0.15) is 6.04 Å². The third kappa shape index (κ3) is 7.33. The third-order valence-corrected chi connectivity index (χ3v) is 5.34. The molecule has 5 heteroatoms. The molecule has 1 aliphatic heterocycles. The van der Waals surface area contributed by atoms with Crippen LogP contribution in [-0.2, 0) is 16.0 Å². The average molecular weight is 374 g/mol. The highest BCUT2D eigenvalue weighted by Gasteiger charge is 2.24. The number of likely N-dealkylation sites (tertiary alicyclic amines) is 1. The molecule has 1 fully saturated rings. The average Bonchev–Trinajstić information content (AvgIpc) is 2.65. The summed E-state index contributed by atoms with van der Waals surface area (Å²) in [5.41, 5.74) is 0.952. The summed E-state index contributed by atoms with van der Waals surface area (Å²) in [6.07, 6.45) is 5.12. The Morgan fingerprint density at radius 2 is 1.93 bits per heavy atom. The van der Waals surface area contributed by atoms with E-state index in [-0.39, 0.29) is 17.7 Å². The van der Waals surface area contributed by atoms with Gasteiger partial charge < -0.3 is 15.5 Å². The second kappa shape index (κ2) is 11.1. The van der Waals surface area contributed by atoms with Gasteiger partial charge in [-0.05, 0) is 44.2 Å². The van der Waals surface area contributed by atoms with E-state index in [1.165, 1.54) is 25.8 Å². The molecule has 1 aliphatic rings. The zero-order valence-corrected chi connectivity index (χ0v) is 17.0. The Morgan fingerprint density at radius 1 is 1.19 bits per heavy atom. The van der Waals surface area contributed by atoms with Crippen LogP contribution in [0.3, 0.4) is 0 Å². The SMILES string of the molecule is CC(C)C(NC(=O)Cc1ccccc1)C(=O)NCCCN1CCCCC1C. The molecule has 2 atom stereocenters. The van der Waals surface area contributed by atoms with Gasteiger partial charge in [-0.25, -0.2) is 0 Å². The first-order valence-electron chi connectivity index (χ1n) is 10.3. The van der Waals surface area contributed by atoms with Gasteiger partial charge in [-0.2, -0.15) is 0 Å². The Kier molecular flexibility index (Phi) is 8.79. The highest BCUT2D eigenvalue weighted by atomic mass is 16.2. The minimum Gasteiger partial charge on any atom is -0.354 e. The maximum Gasteiger partial charge on any atom is 0.242 e. The molecule has 2 N–H and O–H groups in total. The quantitative estimate of drug-likeness (QED) is 0.654. The summed E-state index contributed by atoms with van der Waals surface area (Å²) in [6, 6.07) is 9.76. The fourth-order valence-electron chi connectivity index (χ4n) is 3.63. The summed E-state index contributed by atoms with van der Waals surface area (Å²) < 4.78 is 0. The van der Waals surface area contributed by atoms with Crippen LogP contribution in [0.1, 0.15) is 52.0 Å². The zero-order chi connectivity index (χ0) is 19.6. The second-order valence-corrected chi connectivity index (χ2v) is 7.98. The first-order chi connectivity index (χ1) is 13.0. The lowest BCUT2D eigenvalue weighted by Gasteiger charge is -2.33. The predicted octanol–water partition coefficient (Wildman–Crippen LogP) is 2.75. The lowest BCUT2D eigenvalue weighted by atomic mass is 10.0. The molecule has 150 valence electrons. The smallest absolute Gasteiger partial charge is 0.242 e. The van der Waals surface area contributed by atoms with Crippen molar-refractivity contribution < 1.29 is 9.59 Å². The molecule has 0 spiro atoms. The summed E-state index contributed by atoms with van der Waals surface area (Å²) in [5, 5.41) is 5.91. The number of rotatable bonds is 9. The van der Waals surface area contributed by atoms with Gasteiger partial charge in [-0.1, -0.05) is 50.6 Å². The normalized spacial score (nSPS) is 18.9. The van der Waals surface area contributed by atoms with Gasteiger partial charge in [0.15, 0.2) is 0 Å². The molecule has 0 aromatic heterocycles. The third-order valence-electron chi connectivity index (χ3n) is 5.34. The first kappa shape index (κ1) is 21.4. The summed E-state index contributed by atoms with van der Waals surface area (Å²) in [6.45, 7) is 9.05. The number of hydrogen-bond acceptors (Lipinski definition) is 3. The van der Waals surface area contributed by atoms with Gasteiger partial charge in [0.25, 0.3) is 0 Å². The highest BCUT2D eigenvalue weighted by molar-refractivity contribution is 5.88. The number of nitrogens with one attached hydrogen (secondary N) is 2. The Morgan fingerprint density at radius 3 is 2.59 bits per heavy atom. The van der Waals surface area contributed by atoms with Gasteiger partial charge in [0, 0.05) is 19.1 Å². The zero-order valence-electron chi connectivity index (χ0n) is 17.0. The number of hydrogen-bond donors (Lipinski definition) is 2. The van der Waals surface area contributed by atoms with Crippen LogP contribution < -0.4 is 10.6 Å². The number of carbonyl (C=O) groups is 2. The van der Waals surface area contributed by atoms with Crippen molar-refractivity contribution in [1.82, 2.24) is 15.5 Å². The van der Waals surface area contributed by atoms with Crippen LogP contribution in [0.5, 0.6) is 0 Å². The standard InChI is InChI=1S/C22H35N3O2/c1-17(2)21(24-20(26)16-19-11-5-4-6-12-19)22(27)23-13-9-15-25-14-8-7-10-18(25)3/h4-6,11-12,17-18,21H,7-10,13-16H2,1-3H3,(H,23,27)(H,24,26). The Bertz CT molecular complexity index is 588. The number of carbonyl (C=O) groups excluding carboxylic acids is 2. The van der Waals surface area contributed by atoms with Crippen molar-refractivity contribution in [2.45, 2.75) is 65.0 Å². The summed E-state index contributed by atoms with van der Waals surface area (Å²) >= 11 is 0. The molecular weight excluding hydrogens is 338 g/mol. The van der Waals surface area contributed by atoms with Gasteiger partial charge >= 0.3 is 0 Å². The minimum atomic E-state index is -0.491. The maximum absolute atomic E-state index is 12.5. The largest absolute Gasteiger partial charge is 0.354 e. The molecule has 0 radical (unpaired) electrons. The van der Waals surface area contributed by atoms with Crippen LogP contribution in [0.4, 0.5) is 0 Å². The monoisotopic (exact) mass is 373 g/mol. The molecule has 1 saturated heterocycles. The van der Waals surface area contributed by atoms with Crippen LogP contribution in [0, 0.1) is 5.92 Å². The van der Waals surface area contributed by atoms with Gasteiger partial charge in [-0.3, -0.25) is 9.59 Å². The number of nitrogens with zero attached hydrogens (tertiary/aromatic N) is 1. The maximum atomic E-state index is 12.5. The van der Waals surface area contributed by atoms with E-state index in [2.05, 4.69) is 22.5 Å². The van der Waals surface area contributed by atoms with Crippen LogP contribution in [-0.4, -0.2) is 48.4 Å². The van der Waals surface area contributed by atoms with Crippen molar-refractivity contribution in [3.8, 4) is 0 Å². The van der Waals surface area contributed by atoms with E-state index in [0.29, 0.717) is 19.0 Å². The van der Waals surface area contributed by atoms with Crippen LogP contribution in [0.15, 0.2) is 30.3 Å². The molecule has 0 bridgehead atoms. The summed E-state index contributed by atoms with van der Waals surface area (Å²) in [7, 11) is 0. The summed E-state index contributed by atoms with van der Waals surface area (Å²) in [4.78, 5) is 27.4. The second-order valence-electron chi connectivity index (χ2n) is 7.98. The van der Waals surface area contributed by atoms with Gasteiger partial charge in [0.2, 0.25) is 11.8 Å². The number of amides is 2. The number of benzene rings is 1. The van der Waals surface area contributed by atoms with Crippen LogP contribution >= 0.6 is 0 Å². The molecule has 5 nitrogen and oxygen atoms in total. The van der Waals surface area contributed by atoms with Crippen LogP contribution in [0.2, 0.25) is 0 Å². The van der Waals surface area contributed by atoms with E-state index in [1.807, 2.05) is 44.2 Å². The molecule has 0 saturated carbocycles. The lowest BCUT2D eigenvalue weighted by molar-refractivity contribution is -0.129. The van der Waals surface area contributed by atoms with Crippen molar-refractivity contribution in [3.63, 3.8) is 0 Å². The molecule has 1 aromatic carbocycles. The first-order valence-corrected chi connectivity index (χ1v) is 10.3. The van der Waals surface area contributed by atoms with E-state index in [0.717, 1.165) is 18.5 Å². The Hall–Kier alpha value is -1.88. The molecule has 27 heavy (non-hydrogen) atoms. The fourth-order valence-corrected chi connectivity index (χ4v) is 3.63. The van der Waals surface area contributed by atoms with Crippen molar-refractivity contribution in [2.75, 3.05) is 19.6 Å². The van der Waals surface area contributed by atoms with E-state index >= 15 is 0 Å². The molecule has 2 amide bonds. The van der Waals surface area contributed by atoms with Crippen molar-refractivity contribution >= 4 is 11.8 Å². The molecule has 2 unspecified atom stereocenters. The van der Waals surface area contributed by atoms with E-state index in [9.17, 15) is 9.59 Å². The molecule has 1 heterocycles. The highest BCUT2D eigenvalue weighted by Crippen LogP contribution is 2.16. The van der Waals surface area contributed by atoms with Crippen molar-refractivity contribution in [3.05, 3.63) is 35.9 Å². The van der Waals surface area contributed by atoms with E-state index in [1.54, 1.807) is 0 Å². The minimum absolute atomic E-state index is 0.0480. The van der Waals surface area contributed by atoms with Gasteiger partial charge in [-0.15, -0.1) is 0 Å². The summed E-state index contributed by atoms with van der Waals surface area (Å²) in [5.74, 6) is -0.151. The fraction of sp³-hybridized carbons (Fsp3) is 0.636. The van der Waals surface area contributed by atoms with Crippen molar-refractivity contribution in [2.24, 2.45) is 5.92 Å². The topological polar surface area (TPSA) is 61.4 Å². The number of piperidine rings is 1. The van der Waals surface area contributed by atoms with E-state index < -0.39 is 6.04 Å². The van der Waals surface area contributed by atoms with Gasteiger partial charge in [0.05, 0.1) is 6.42 Å². The molecule has 2 rings (SSSR count). The lowest BCUT2D eigenvalue weighted by Crippen LogP contribution is -2.50. The molecule has 1 aromatic rings. The van der Waals surface area contributed by atoms with Crippen molar-refractivity contribution in [1.29, 1.82) is 0 Å². The Labute approximate surface area is 163 Å². The predicted molar refractivity (Wildman–Crippen MR) is 109 cm³/mol.